The predicted octanol–water partition coefficient (Wildman–Crippen LogP) is 1.15. The van der Waals surface area contributed by atoms with Crippen LogP contribution in [0.15, 0.2) is 30.3 Å². The van der Waals surface area contributed by atoms with E-state index in [9.17, 15) is 9.90 Å². The number of ether oxygens (including phenoxy) is 2. The number of para-hydroxylation sites is 1. The summed E-state index contributed by atoms with van der Waals surface area (Å²) in [4.78, 5) is 21.8. The molecule has 0 spiro atoms. The zero-order valence-electron chi connectivity index (χ0n) is 15.5. The number of pyridine rings is 1. The van der Waals surface area contributed by atoms with Crippen LogP contribution in [0, 0.1) is 0 Å². The fraction of sp³-hybridized carbons (Fsp3) is 0.500. The maximum Gasteiger partial charge on any atom is 0.254 e. The minimum atomic E-state index is -0.444. The molecule has 27 heavy (non-hydrogen) atoms. The average molecular weight is 371 g/mol. The Labute approximate surface area is 158 Å². The number of amides is 1. The SMILES string of the molecule is COc1cc(C(=O)N2CCCN([C@@H]3COC[C@H]3O)CC2)c2ccccc2n1. The topological polar surface area (TPSA) is 75.1 Å². The van der Waals surface area contributed by atoms with Crippen molar-refractivity contribution >= 4 is 16.8 Å². The number of nitrogens with zero attached hydrogens (tertiary/aromatic N) is 3. The first-order chi connectivity index (χ1) is 13.2. The number of fused-ring (bicyclic) bond motifs is 1. The number of aliphatic hydroxyl groups is 1. The summed E-state index contributed by atoms with van der Waals surface area (Å²) in [6, 6.07) is 9.38. The minimum absolute atomic E-state index is 0.00281. The van der Waals surface area contributed by atoms with Crippen LogP contribution in [0.5, 0.6) is 5.88 Å². The molecule has 144 valence electrons. The number of methoxy groups -OCH3 is 1. The molecule has 0 unspecified atom stereocenters. The van der Waals surface area contributed by atoms with Crippen LogP contribution in [0.1, 0.15) is 16.8 Å². The Morgan fingerprint density at radius 2 is 2.07 bits per heavy atom. The lowest BCUT2D eigenvalue weighted by Gasteiger charge is -2.28. The molecule has 1 amide bonds. The van der Waals surface area contributed by atoms with E-state index in [1.165, 1.54) is 0 Å². The monoisotopic (exact) mass is 371 g/mol. The molecule has 1 N–H and O–H groups in total. The Morgan fingerprint density at radius 3 is 2.85 bits per heavy atom. The molecule has 2 atom stereocenters. The van der Waals surface area contributed by atoms with Crippen LogP contribution in [0.3, 0.4) is 0 Å². The van der Waals surface area contributed by atoms with Crippen LogP contribution in [-0.2, 0) is 4.74 Å². The summed E-state index contributed by atoms with van der Waals surface area (Å²) in [5.41, 5.74) is 1.37. The van der Waals surface area contributed by atoms with Crippen LogP contribution >= 0.6 is 0 Å². The van der Waals surface area contributed by atoms with E-state index in [-0.39, 0.29) is 11.9 Å². The minimum Gasteiger partial charge on any atom is -0.481 e. The molecule has 0 aliphatic carbocycles. The standard InChI is InChI=1S/C20H25N3O4/c1-26-19-11-15(14-5-2-3-6-16(14)21-19)20(25)23-8-4-7-22(9-10-23)17-12-27-13-18(17)24/h2-3,5-6,11,17-18,24H,4,7-10,12-13H2,1H3/t17-,18-/m1/s1. The van der Waals surface area contributed by atoms with Crippen molar-refractivity contribution in [3.63, 3.8) is 0 Å². The summed E-state index contributed by atoms with van der Waals surface area (Å²) >= 11 is 0. The molecule has 0 bridgehead atoms. The van der Waals surface area contributed by atoms with E-state index < -0.39 is 6.10 Å². The predicted molar refractivity (Wildman–Crippen MR) is 101 cm³/mol. The van der Waals surface area contributed by atoms with Crippen molar-refractivity contribution in [2.75, 3.05) is 46.5 Å². The van der Waals surface area contributed by atoms with E-state index in [2.05, 4.69) is 9.88 Å². The third-order valence-corrected chi connectivity index (χ3v) is 5.44. The summed E-state index contributed by atoms with van der Waals surface area (Å²) in [5.74, 6) is 0.441. The van der Waals surface area contributed by atoms with Gasteiger partial charge >= 0.3 is 0 Å². The van der Waals surface area contributed by atoms with E-state index in [4.69, 9.17) is 9.47 Å². The van der Waals surface area contributed by atoms with E-state index in [0.29, 0.717) is 37.7 Å². The van der Waals surface area contributed by atoms with E-state index >= 15 is 0 Å². The number of rotatable bonds is 3. The lowest BCUT2D eigenvalue weighted by molar-refractivity contribution is 0.0726. The zero-order valence-corrected chi connectivity index (χ0v) is 15.5. The summed E-state index contributed by atoms with van der Waals surface area (Å²) in [7, 11) is 1.56. The third kappa shape index (κ3) is 3.63. The molecule has 3 heterocycles. The number of hydrogen-bond acceptors (Lipinski definition) is 6. The number of carbonyl (C=O) groups is 1. The highest BCUT2D eigenvalue weighted by atomic mass is 16.5. The second-order valence-corrected chi connectivity index (χ2v) is 7.08. The first kappa shape index (κ1) is 18.2. The maximum atomic E-state index is 13.3. The second-order valence-electron chi connectivity index (χ2n) is 7.08. The molecule has 2 saturated heterocycles. The number of aromatic nitrogens is 1. The highest BCUT2D eigenvalue weighted by molar-refractivity contribution is 6.06. The average Bonchev–Trinajstić information content (AvgIpc) is 2.98. The molecular weight excluding hydrogens is 346 g/mol. The van der Waals surface area contributed by atoms with Crippen LogP contribution in [0.4, 0.5) is 0 Å². The Balaban J connectivity index is 1.55. The maximum absolute atomic E-state index is 13.3. The molecular formula is C20H25N3O4. The molecule has 2 aromatic rings. The van der Waals surface area contributed by atoms with Crippen molar-refractivity contribution in [1.82, 2.24) is 14.8 Å². The molecule has 0 saturated carbocycles. The van der Waals surface area contributed by atoms with Gasteiger partial charge in [0, 0.05) is 37.6 Å². The van der Waals surface area contributed by atoms with Gasteiger partial charge in [0.25, 0.3) is 5.91 Å². The van der Waals surface area contributed by atoms with Crippen LogP contribution in [0.2, 0.25) is 0 Å². The fourth-order valence-electron chi connectivity index (χ4n) is 3.96. The summed E-state index contributed by atoms with van der Waals surface area (Å²) in [5, 5.41) is 10.9. The Morgan fingerprint density at radius 1 is 1.22 bits per heavy atom. The first-order valence-electron chi connectivity index (χ1n) is 9.40. The smallest absolute Gasteiger partial charge is 0.254 e. The lowest BCUT2D eigenvalue weighted by atomic mass is 10.1. The van der Waals surface area contributed by atoms with Crippen molar-refractivity contribution in [2.24, 2.45) is 0 Å². The third-order valence-electron chi connectivity index (χ3n) is 5.44. The van der Waals surface area contributed by atoms with Crippen LogP contribution < -0.4 is 4.74 Å². The molecule has 1 aromatic heterocycles. The van der Waals surface area contributed by atoms with Crippen molar-refractivity contribution in [2.45, 2.75) is 18.6 Å². The van der Waals surface area contributed by atoms with Crippen molar-refractivity contribution in [1.29, 1.82) is 0 Å². The Kier molecular flexibility index (Phi) is 5.24. The van der Waals surface area contributed by atoms with Gasteiger partial charge in [-0.2, -0.15) is 0 Å². The lowest BCUT2D eigenvalue weighted by Crippen LogP contribution is -2.45. The van der Waals surface area contributed by atoms with E-state index in [1.807, 2.05) is 29.2 Å². The number of benzene rings is 1. The van der Waals surface area contributed by atoms with Crippen molar-refractivity contribution in [3.05, 3.63) is 35.9 Å². The Bertz CT molecular complexity index is 828. The van der Waals surface area contributed by atoms with E-state index in [0.717, 1.165) is 30.4 Å². The van der Waals surface area contributed by atoms with Gasteiger partial charge in [0.05, 0.1) is 43.5 Å². The summed E-state index contributed by atoms with van der Waals surface area (Å²) in [6.07, 6.45) is 0.426. The summed E-state index contributed by atoms with van der Waals surface area (Å²) < 4.78 is 10.7. The van der Waals surface area contributed by atoms with Gasteiger partial charge in [-0.1, -0.05) is 18.2 Å². The molecule has 4 rings (SSSR count). The highest BCUT2D eigenvalue weighted by Gasteiger charge is 2.33. The van der Waals surface area contributed by atoms with Gasteiger partial charge in [0.15, 0.2) is 0 Å². The molecule has 2 aliphatic rings. The quantitative estimate of drug-likeness (QED) is 0.873. The van der Waals surface area contributed by atoms with Gasteiger partial charge in [0.1, 0.15) is 0 Å². The van der Waals surface area contributed by atoms with Gasteiger partial charge < -0.3 is 19.5 Å². The zero-order chi connectivity index (χ0) is 18.8. The molecule has 7 nitrogen and oxygen atoms in total. The van der Waals surface area contributed by atoms with Gasteiger partial charge in [-0.05, 0) is 12.5 Å². The van der Waals surface area contributed by atoms with Gasteiger partial charge in [-0.3, -0.25) is 9.69 Å². The van der Waals surface area contributed by atoms with Gasteiger partial charge in [-0.25, -0.2) is 4.98 Å². The fourth-order valence-corrected chi connectivity index (χ4v) is 3.96. The Hall–Kier alpha value is -2.22. The van der Waals surface area contributed by atoms with Crippen LogP contribution in [0.25, 0.3) is 10.9 Å². The largest absolute Gasteiger partial charge is 0.481 e. The highest BCUT2D eigenvalue weighted by Crippen LogP contribution is 2.24. The number of aliphatic hydroxyl groups excluding tert-OH is 1. The van der Waals surface area contributed by atoms with Gasteiger partial charge in [0.2, 0.25) is 5.88 Å². The molecule has 7 heteroatoms. The van der Waals surface area contributed by atoms with Crippen LogP contribution in [-0.4, -0.2) is 84.4 Å². The molecule has 2 fully saturated rings. The summed E-state index contributed by atoms with van der Waals surface area (Å²) in [6.45, 7) is 3.86. The first-order valence-corrected chi connectivity index (χ1v) is 9.40. The molecule has 2 aliphatic heterocycles. The van der Waals surface area contributed by atoms with Crippen molar-refractivity contribution < 1.29 is 19.4 Å². The second kappa shape index (κ2) is 7.80. The number of carbonyl (C=O) groups excluding carboxylic acids is 1. The van der Waals surface area contributed by atoms with Crippen molar-refractivity contribution in [3.8, 4) is 5.88 Å². The van der Waals surface area contributed by atoms with Gasteiger partial charge in [-0.15, -0.1) is 0 Å². The van der Waals surface area contributed by atoms with E-state index in [1.54, 1.807) is 13.2 Å². The molecule has 0 radical (unpaired) electrons. The molecule has 1 aromatic carbocycles. The normalized spacial score (nSPS) is 24.1. The number of hydrogen-bond donors (Lipinski definition) is 1.